The molecular formula is C18H23ClN8O2. The molecule has 0 unspecified atom stereocenters. The molecule has 4 rings (SSSR count). The second kappa shape index (κ2) is 7.88. The van der Waals surface area contributed by atoms with Crippen LogP contribution in [0.4, 0.5) is 11.8 Å². The zero-order valence-corrected chi connectivity index (χ0v) is 16.7. The summed E-state index contributed by atoms with van der Waals surface area (Å²) in [6.45, 7) is 0.120. The molecule has 3 aromatic rings. The van der Waals surface area contributed by atoms with Crippen LogP contribution < -0.4 is 16.4 Å². The van der Waals surface area contributed by atoms with Crippen molar-refractivity contribution >= 4 is 34.5 Å². The fourth-order valence-corrected chi connectivity index (χ4v) is 3.72. The number of fused-ring (bicyclic) bond motifs is 1. The van der Waals surface area contributed by atoms with E-state index in [1.807, 2.05) is 0 Å². The second-order valence-corrected chi connectivity index (χ2v) is 7.75. The Bertz CT molecular complexity index is 1010. The molecule has 1 fully saturated rings. The fraction of sp³-hybridized carbons (Fsp3) is 0.444. The van der Waals surface area contributed by atoms with Gasteiger partial charge in [0.15, 0.2) is 17.0 Å². The molecule has 6 N–H and O–H groups in total. The van der Waals surface area contributed by atoms with E-state index in [0.29, 0.717) is 28.5 Å². The van der Waals surface area contributed by atoms with Gasteiger partial charge in [0.25, 0.3) is 0 Å². The molecule has 0 atom stereocenters. The maximum Gasteiger partial charge on any atom is 0.227 e. The molecule has 0 bridgehead atoms. The van der Waals surface area contributed by atoms with Crippen molar-refractivity contribution in [1.29, 1.82) is 0 Å². The normalized spacial score (nSPS) is 19.4. The van der Waals surface area contributed by atoms with Crippen molar-refractivity contribution in [3.05, 3.63) is 22.7 Å². The van der Waals surface area contributed by atoms with Gasteiger partial charge in [0.1, 0.15) is 11.5 Å². The van der Waals surface area contributed by atoms with Gasteiger partial charge in [-0.3, -0.25) is 0 Å². The molecule has 0 amide bonds. The number of benzene rings is 1. The number of aryl methyl sites for hydroxylation is 1. The Labute approximate surface area is 172 Å². The lowest BCUT2D eigenvalue weighted by Crippen LogP contribution is -2.33. The van der Waals surface area contributed by atoms with Crippen LogP contribution >= 0.6 is 11.6 Å². The number of rotatable bonds is 5. The molecule has 0 saturated heterocycles. The van der Waals surface area contributed by atoms with E-state index in [9.17, 15) is 10.2 Å². The quantitative estimate of drug-likeness (QED) is 0.420. The molecule has 1 aromatic carbocycles. The first-order valence-corrected chi connectivity index (χ1v) is 9.82. The first-order valence-electron chi connectivity index (χ1n) is 9.44. The maximum atomic E-state index is 10.1. The van der Waals surface area contributed by atoms with Gasteiger partial charge in [-0.15, -0.1) is 5.10 Å². The smallest absolute Gasteiger partial charge is 0.227 e. The first kappa shape index (κ1) is 19.5. The molecule has 0 radical (unpaired) electrons. The number of phenolic OH excluding ortho intramolecular Hbond substituents is 2. The summed E-state index contributed by atoms with van der Waals surface area (Å²) >= 11 is 5.84. The molecule has 1 aliphatic carbocycles. The van der Waals surface area contributed by atoms with E-state index in [2.05, 4.69) is 30.9 Å². The van der Waals surface area contributed by atoms with Crippen LogP contribution in [0.5, 0.6) is 11.5 Å². The van der Waals surface area contributed by atoms with E-state index in [4.69, 9.17) is 17.3 Å². The van der Waals surface area contributed by atoms with E-state index < -0.39 is 0 Å². The van der Waals surface area contributed by atoms with Crippen LogP contribution in [0.3, 0.4) is 0 Å². The van der Waals surface area contributed by atoms with Crippen LogP contribution in [0.1, 0.15) is 31.2 Å². The number of halogens is 1. The Morgan fingerprint density at radius 2 is 1.86 bits per heavy atom. The van der Waals surface area contributed by atoms with Gasteiger partial charge >= 0.3 is 0 Å². The van der Waals surface area contributed by atoms with Crippen LogP contribution in [0.2, 0.25) is 5.02 Å². The number of aromatic nitrogens is 5. The number of nitrogens with two attached hydrogens (primary N) is 1. The summed E-state index contributed by atoms with van der Waals surface area (Å²) in [5, 5.41) is 35.1. The van der Waals surface area contributed by atoms with E-state index in [1.165, 1.54) is 12.1 Å². The lowest BCUT2D eigenvalue weighted by Gasteiger charge is -2.26. The number of anilines is 2. The molecule has 1 aliphatic rings. The summed E-state index contributed by atoms with van der Waals surface area (Å²) in [4.78, 5) is 9.09. The molecular weight excluding hydrogens is 396 g/mol. The predicted molar refractivity (Wildman–Crippen MR) is 110 cm³/mol. The molecule has 1 saturated carbocycles. The molecule has 154 valence electrons. The fourth-order valence-electron chi connectivity index (χ4n) is 3.51. The van der Waals surface area contributed by atoms with E-state index in [0.717, 1.165) is 25.7 Å². The van der Waals surface area contributed by atoms with Crippen LogP contribution in [0, 0.1) is 0 Å². The van der Waals surface area contributed by atoms with Gasteiger partial charge in [0, 0.05) is 30.7 Å². The highest BCUT2D eigenvalue weighted by Gasteiger charge is 2.21. The largest absolute Gasteiger partial charge is 0.507 e. The van der Waals surface area contributed by atoms with Gasteiger partial charge in [-0.25, -0.2) is 4.68 Å². The molecule has 0 aliphatic heterocycles. The molecule has 2 heterocycles. The van der Waals surface area contributed by atoms with Crippen LogP contribution in [0.15, 0.2) is 12.1 Å². The third-order valence-electron chi connectivity index (χ3n) is 5.16. The van der Waals surface area contributed by atoms with Crippen molar-refractivity contribution in [2.24, 2.45) is 12.8 Å². The van der Waals surface area contributed by atoms with Gasteiger partial charge < -0.3 is 26.6 Å². The summed E-state index contributed by atoms with van der Waals surface area (Å²) in [6, 6.07) is 3.26. The van der Waals surface area contributed by atoms with Crippen molar-refractivity contribution in [2.45, 2.75) is 44.3 Å². The Kier molecular flexibility index (Phi) is 5.29. The number of nitrogens with zero attached hydrogens (tertiary/aromatic N) is 5. The lowest BCUT2D eigenvalue weighted by atomic mass is 9.92. The molecule has 11 heteroatoms. The maximum absolute atomic E-state index is 10.1. The van der Waals surface area contributed by atoms with E-state index >= 15 is 0 Å². The minimum atomic E-state index is -0.108. The van der Waals surface area contributed by atoms with Gasteiger partial charge in [0.2, 0.25) is 5.95 Å². The zero-order chi connectivity index (χ0) is 20.5. The molecule has 10 nitrogen and oxygen atoms in total. The number of nitrogens with one attached hydrogen (secondary N) is 2. The Morgan fingerprint density at radius 3 is 2.55 bits per heavy atom. The molecule has 29 heavy (non-hydrogen) atoms. The molecule has 2 aromatic heterocycles. The van der Waals surface area contributed by atoms with Crippen molar-refractivity contribution in [3.8, 4) is 11.5 Å². The third-order valence-corrected chi connectivity index (χ3v) is 5.37. The Morgan fingerprint density at radius 1 is 1.17 bits per heavy atom. The Hall–Kier alpha value is -2.85. The van der Waals surface area contributed by atoms with Gasteiger partial charge in [0.05, 0.1) is 5.56 Å². The SMILES string of the molecule is Cn1nnc2c(NCc3c(O)cc(Cl)cc3O)nc(NC3CCC(N)CC3)nc21. The minimum Gasteiger partial charge on any atom is -0.507 e. The number of phenols is 2. The van der Waals surface area contributed by atoms with Crippen molar-refractivity contribution < 1.29 is 10.2 Å². The van der Waals surface area contributed by atoms with Crippen LogP contribution in [0.25, 0.3) is 11.2 Å². The van der Waals surface area contributed by atoms with Crippen molar-refractivity contribution in [3.63, 3.8) is 0 Å². The van der Waals surface area contributed by atoms with Gasteiger partial charge in [-0.2, -0.15) is 9.97 Å². The topological polar surface area (TPSA) is 147 Å². The highest BCUT2D eigenvalue weighted by atomic mass is 35.5. The molecule has 0 spiro atoms. The first-order chi connectivity index (χ1) is 13.9. The van der Waals surface area contributed by atoms with Crippen LogP contribution in [-0.2, 0) is 13.6 Å². The standard InChI is InChI=1S/C18H23ClN8O2/c1-27-17-15(25-26-27)16(21-8-12-13(28)6-9(19)7-14(12)29)23-18(24-17)22-11-4-2-10(20)3-5-11/h6-7,10-11,28-29H,2-5,8,20H2,1H3,(H2,21,22,23,24). The van der Waals surface area contributed by atoms with E-state index in [-0.39, 0.29) is 35.2 Å². The number of hydrogen-bond acceptors (Lipinski definition) is 9. The predicted octanol–water partition coefficient (Wildman–Crippen LogP) is 2.12. The monoisotopic (exact) mass is 418 g/mol. The number of aromatic hydroxyl groups is 2. The highest BCUT2D eigenvalue weighted by molar-refractivity contribution is 6.30. The van der Waals surface area contributed by atoms with Gasteiger partial charge in [-0.05, 0) is 37.8 Å². The van der Waals surface area contributed by atoms with Crippen molar-refractivity contribution in [2.75, 3.05) is 10.6 Å². The van der Waals surface area contributed by atoms with Crippen LogP contribution in [-0.4, -0.2) is 47.3 Å². The zero-order valence-electron chi connectivity index (χ0n) is 15.9. The highest BCUT2D eigenvalue weighted by Crippen LogP contribution is 2.32. The minimum absolute atomic E-state index is 0.108. The Balaban J connectivity index is 1.60. The summed E-state index contributed by atoms with van der Waals surface area (Å²) in [6.07, 6.45) is 3.85. The third kappa shape index (κ3) is 4.13. The average Bonchev–Trinajstić information content (AvgIpc) is 3.04. The lowest BCUT2D eigenvalue weighted by molar-refractivity contribution is 0.410. The summed E-state index contributed by atoms with van der Waals surface area (Å²) in [7, 11) is 1.76. The summed E-state index contributed by atoms with van der Waals surface area (Å²) < 4.78 is 1.57. The summed E-state index contributed by atoms with van der Waals surface area (Å²) in [5.41, 5.74) is 7.36. The summed E-state index contributed by atoms with van der Waals surface area (Å²) in [5.74, 6) is 0.704. The number of hydrogen-bond donors (Lipinski definition) is 5. The second-order valence-electron chi connectivity index (χ2n) is 7.31. The van der Waals surface area contributed by atoms with Gasteiger partial charge in [-0.1, -0.05) is 16.8 Å². The average molecular weight is 419 g/mol. The van der Waals surface area contributed by atoms with Crippen molar-refractivity contribution in [1.82, 2.24) is 25.0 Å². The van der Waals surface area contributed by atoms with E-state index in [1.54, 1.807) is 11.7 Å².